The fourth-order valence-electron chi connectivity index (χ4n) is 3.86. The first-order valence-electron chi connectivity index (χ1n) is 6.70. The Kier molecular flexibility index (Phi) is 2.12. The van der Waals surface area contributed by atoms with Crippen LogP contribution >= 0.6 is 0 Å². The van der Waals surface area contributed by atoms with E-state index in [0.29, 0.717) is 13.2 Å². The number of rotatable bonds is 1. The SMILES string of the molecule is N#C[C@@]12C(N)=NC3(OCCO3)[C@]1(C#N)[C@@H]2c1ccccc1. The molecule has 0 radical (unpaired) electrons. The zero-order valence-corrected chi connectivity index (χ0v) is 11.1. The van der Waals surface area contributed by atoms with Crippen LogP contribution in [0.1, 0.15) is 11.5 Å². The standard InChI is InChI=1S/C15H12N4O2/c16-8-13-11(10-4-2-1-3-5-10)14(13,9-17)15(19-12(13)18)20-6-7-21-15/h1-5,11H,6-7H2,(H2,18,19)/t11-,13-,14-/m1/s1. The van der Waals surface area contributed by atoms with Crippen LogP contribution < -0.4 is 5.73 Å². The van der Waals surface area contributed by atoms with Gasteiger partial charge in [0.05, 0.1) is 25.4 Å². The van der Waals surface area contributed by atoms with Gasteiger partial charge in [0.1, 0.15) is 11.3 Å². The summed E-state index contributed by atoms with van der Waals surface area (Å²) in [6.45, 7) is 0.673. The molecule has 0 amide bonds. The van der Waals surface area contributed by atoms with Crippen LogP contribution in [0.15, 0.2) is 35.3 Å². The number of nitrogens with zero attached hydrogens (tertiary/aromatic N) is 3. The van der Waals surface area contributed by atoms with E-state index in [9.17, 15) is 10.5 Å². The number of benzene rings is 1. The summed E-state index contributed by atoms with van der Waals surface area (Å²) in [5.41, 5.74) is 4.51. The van der Waals surface area contributed by atoms with Crippen LogP contribution in [0.2, 0.25) is 0 Å². The minimum absolute atomic E-state index is 0.127. The molecule has 2 aliphatic heterocycles. The van der Waals surface area contributed by atoms with Gasteiger partial charge in [-0.2, -0.15) is 10.5 Å². The number of nitriles is 2. The summed E-state index contributed by atoms with van der Waals surface area (Å²) >= 11 is 0. The van der Waals surface area contributed by atoms with Crippen LogP contribution in [0.25, 0.3) is 0 Å². The minimum Gasteiger partial charge on any atom is -0.386 e. The van der Waals surface area contributed by atoms with Crippen molar-refractivity contribution in [2.75, 3.05) is 13.2 Å². The van der Waals surface area contributed by atoms with Crippen molar-refractivity contribution in [3.8, 4) is 12.1 Å². The molecule has 0 unspecified atom stereocenters. The summed E-state index contributed by atoms with van der Waals surface area (Å²) in [6, 6.07) is 13.9. The fraction of sp³-hybridized carbons (Fsp3) is 0.400. The maximum atomic E-state index is 9.85. The molecule has 2 fully saturated rings. The van der Waals surface area contributed by atoms with Gasteiger partial charge in [0.2, 0.25) is 0 Å². The van der Waals surface area contributed by atoms with E-state index in [1.165, 1.54) is 0 Å². The third-order valence-corrected chi connectivity index (χ3v) is 4.74. The van der Waals surface area contributed by atoms with E-state index < -0.39 is 22.7 Å². The number of fused-ring (bicyclic) bond motifs is 2. The van der Waals surface area contributed by atoms with Crippen LogP contribution in [0.3, 0.4) is 0 Å². The Bertz CT molecular complexity index is 726. The molecule has 4 rings (SSSR count). The number of aliphatic imine (C=N–C) groups is 1. The molecule has 104 valence electrons. The Labute approximate surface area is 121 Å². The van der Waals surface area contributed by atoms with Gasteiger partial charge in [-0.25, -0.2) is 4.99 Å². The average molecular weight is 280 g/mol. The number of hydrogen-bond acceptors (Lipinski definition) is 6. The first-order chi connectivity index (χ1) is 10.2. The largest absolute Gasteiger partial charge is 0.386 e. The molecule has 0 aromatic heterocycles. The smallest absolute Gasteiger partial charge is 0.293 e. The van der Waals surface area contributed by atoms with Gasteiger partial charge in [0.15, 0.2) is 5.41 Å². The number of ether oxygens (including phenoxy) is 2. The summed E-state index contributed by atoms with van der Waals surface area (Å²) < 4.78 is 11.3. The third kappa shape index (κ3) is 1.06. The molecule has 1 saturated carbocycles. The summed E-state index contributed by atoms with van der Waals surface area (Å²) in [4.78, 5) is 4.22. The van der Waals surface area contributed by atoms with Crippen LogP contribution in [0, 0.1) is 33.5 Å². The first kappa shape index (κ1) is 12.3. The molecule has 0 bridgehead atoms. The molecule has 2 N–H and O–H groups in total. The Morgan fingerprint density at radius 2 is 1.81 bits per heavy atom. The maximum Gasteiger partial charge on any atom is 0.293 e. The zero-order chi connectivity index (χ0) is 14.7. The van der Waals surface area contributed by atoms with Crippen LogP contribution in [-0.4, -0.2) is 25.0 Å². The molecule has 21 heavy (non-hydrogen) atoms. The minimum atomic E-state index is -1.44. The normalized spacial score (nSPS) is 38.4. The molecule has 1 aromatic carbocycles. The molecular formula is C15H12N4O2. The van der Waals surface area contributed by atoms with E-state index in [1.54, 1.807) is 0 Å². The second-order valence-corrected chi connectivity index (χ2v) is 5.46. The van der Waals surface area contributed by atoms with E-state index in [1.807, 2.05) is 30.3 Å². The van der Waals surface area contributed by atoms with Crippen molar-refractivity contribution in [1.29, 1.82) is 10.5 Å². The predicted octanol–water partition coefficient (Wildman–Crippen LogP) is 0.875. The van der Waals surface area contributed by atoms with Crippen molar-refractivity contribution in [2.45, 2.75) is 11.8 Å². The van der Waals surface area contributed by atoms with E-state index >= 15 is 0 Å². The molecule has 1 aromatic rings. The lowest BCUT2D eigenvalue weighted by molar-refractivity contribution is -0.184. The van der Waals surface area contributed by atoms with Gasteiger partial charge in [0, 0.05) is 5.92 Å². The highest BCUT2D eigenvalue weighted by Crippen LogP contribution is 2.82. The van der Waals surface area contributed by atoms with E-state index in [-0.39, 0.29) is 5.84 Å². The molecule has 1 spiro atoms. The van der Waals surface area contributed by atoms with Gasteiger partial charge in [-0.3, -0.25) is 0 Å². The Morgan fingerprint density at radius 3 is 2.38 bits per heavy atom. The van der Waals surface area contributed by atoms with Crippen LogP contribution in [0.4, 0.5) is 0 Å². The quantitative estimate of drug-likeness (QED) is 0.822. The Hall–Kier alpha value is -2.41. The average Bonchev–Trinajstić information content (AvgIpc) is 2.78. The van der Waals surface area contributed by atoms with Gasteiger partial charge in [-0.05, 0) is 5.56 Å². The molecule has 3 atom stereocenters. The van der Waals surface area contributed by atoms with E-state index in [0.717, 1.165) is 5.56 Å². The highest BCUT2D eigenvalue weighted by atomic mass is 16.8. The molecular weight excluding hydrogens is 268 g/mol. The predicted molar refractivity (Wildman–Crippen MR) is 71.5 cm³/mol. The number of nitrogens with two attached hydrogens (primary N) is 1. The summed E-state index contributed by atoms with van der Waals surface area (Å²) in [6.07, 6.45) is 0. The summed E-state index contributed by atoms with van der Waals surface area (Å²) in [5, 5.41) is 19.6. The first-order valence-corrected chi connectivity index (χ1v) is 6.70. The van der Waals surface area contributed by atoms with Gasteiger partial charge in [0.25, 0.3) is 5.91 Å². The lowest BCUT2D eigenvalue weighted by Gasteiger charge is -2.25. The number of amidine groups is 1. The van der Waals surface area contributed by atoms with E-state index in [4.69, 9.17) is 15.2 Å². The second-order valence-electron chi connectivity index (χ2n) is 5.46. The van der Waals surface area contributed by atoms with Crippen molar-refractivity contribution in [3.05, 3.63) is 35.9 Å². The summed E-state index contributed by atoms with van der Waals surface area (Å²) in [5.74, 6) is -1.71. The van der Waals surface area contributed by atoms with Gasteiger partial charge in [-0.15, -0.1) is 0 Å². The molecule has 2 heterocycles. The molecule has 1 aliphatic carbocycles. The maximum absolute atomic E-state index is 9.85. The molecule has 6 nitrogen and oxygen atoms in total. The highest BCUT2D eigenvalue weighted by molar-refractivity contribution is 6.00. The lowest BCUT2D eigenvalue weighted by Crippen LogP contribution is -2.38. The van der Waals surface area contributed by atoms with Crippen molar-refractivity contribution < 1.29 is 9.47 Å². The van der Waals surface area contributed by atoms with Crippen LogP contribution in [-0.2, 0) is 9.47 Å². The Morgan fingerprint density at radius 1 is 1.14 bits per heavy atom. The monoisotopic (exact) mass is 280 g/mol. The highest BCUT2D eigenvalue weighted by Gasteiger charge is 2.94. The lowest BCUT2D eigenvalue weighted by atomic mass is 9.94. The van der Waals surface area contributed by atoms with Crippen molar-refractivity contribution in [2.24, 2.45) is 21.6 Å². The van der Waals surface area contributed by atoms with Crippen molar-refractivity contribution in [1.82, 2.24) is 0 Å². The topological polar surface area (TPSA) is 104 Å². The van der Waals surface area contributed by atoms with Crippen molar-refractivity contribution in [3.63, 3.8) is 0 Å². The van der Waals surface area contributed by atoms with Crippen LogP contribution in [0.5, 0.6) is 0 Å². The molecule has 3 aliphatic rings. The number of hydrogen-bond donors (Lipinski definition) is 1. The van der Waals surface area contributed by atoms with Crippen molar-refractivity contribution >= 4 is 5.84 Å². The zero-order valence-electron chi connectivity index (χ0n) is 11.1. The van der Waals surface area contributed by atoms with Gasteiger partial charge in [-0.1, -0.05) is 30.3 Å². The fourth-order valence-corrected chi connectivity index (χ4v) is 3.86. The van der Waals surface area contributed by atoms with Gasteiger partial charge >= 0.3 is 0 Å². The summed E-state index contributed by atoms with van der Waals surface area (Å²) in [7, 11) is 0. The van der Waals surface area contributed by atoms with E-state index in [2.05, 4.69) is 17.1 Å². The molecule has 6 heteroatoms. The third-order valence-electron chi connectivity index (χ3n) is 4.74. The van der Waals surface area contributed by atoms with Gasteiger partial charge < -0.3 is 15.2 Å². The second kappa shape index (κ2) is 3.62. The molecule has 1 saturated heterocycles. The Balaban J connectivity index is 1.95.